The van der Waals surface area contributed by atoms with Crippen LogP contribution < -0.4 is 5.73 Å². The second-order valence-electron chi connectivity index (χ2n) is 3.37. The van der Waals surface area contributed by atoms with Crippen LogP contribution in [0.2, 0.25) is 0 Å². The van der Waals surface area contributed by atoms with Gasteiger partial charge in [0.1, 0.15) is 12.3 Å². The molecule has 1 rings (SSSR count). The predicted octanol–water partition coefficient (Wildman–Crippen LogP) is 1.44. The van der Waals surface area contributed by atoms with Gasteiger partial charge < -0.3 is 20.4 Å². The molecule has 116 valence electrons. The zero-order valence-corrected chi connectivity index (χ0v) is 13.2. The highest BCUT2D eigenvalue weighted by Crippen LogP contribution is 2.25. The van der Waals surface area contributed by atoms with Gasteiger partial charge in [-0.3, -0.25) is 0 Å². The number of anilines is 1. The number of carbonyl (C=O) groups excluding carboxylic acids is 1. The van der Waals surface area contributed by atoms with Crippen molar-refractivity contribution in [2.45, 2.75) is 3.79 Å². The highest BCUT2D eigenvalue weighted by Gasteiger charge is 2.22. The molecule has 0 saturated heterocycles. The van der Waals surface area contributed by atoms with Crippen LogP contribution in [0.25, 0.3) is 0 Å². The van der Waals surface area contributed by atoms with Gasteiger partial charge in [-0.15, -0.1) is 11.3 Å². The monoisotopic (exact) mass is 375 g/mol. The first-order chi connectivity index (χ1) is 9.69. The lowest BCUT2D eigenvalue weighted by Gasteiger charge is -2.10. The van der Waals surface area contributed by atoms with E-state index in [4.69, 9.17) is 45.6 Å². The summed E-state index contributed by atoms with van der Waals surface area (Å²) >= 11 is 17.2. The van der Waals surface area contributed by atoms with E-state index in [0.29, 0.717) is 0 Å². The van der Waals surface area contributed by atoms with Gasteiger partial charge in [0.15, 0.2) is 5.13 Å². The van der Waals surface area contributed by atoms with Gasteiger partial charge in [-0.1, -0.05) is 40.0 Å². The minimum Gasteiger partial charge on any atom is -0.476 e. The fourth-order valence-corrected chi connectivity index (χ4v) is 1.66. The Balaban J connectivity index is 2.56. The SMILES string of the molecule is Nc1nc(/C(=N\OCC(=O)OCC(Cl)(Cl)Cl)C(=O)O)cs1. The number of nitrogen functional groups attached to an aromatic ring is 1. The molecule has 0 radical (unpaired) electrons. The van der Waals surface area contributed by atoms with Crippen molar-refractivity contribution in [3.63, 3.8) is 0 Å². The molecule has 0 aliphatic heterocycles. The number of carbonyl (C=O) groups is 2. The molecule has 0 aliphatic carbocycles. The summed E-state index contributed by atoms with van der Waals surface area (Å²) in [7, 11) is 0. The van der Waals surface area contributed by atoms with Gasteiger partial charge in [-0.25, -0.2) is 14.6 Å². The van der Waals surface area contributed by atoms with Crippen LogP contribution in [0.4, 0.5) is 5.13 Å². The van der Waals surface area contributed by atoms with E-state index >= 15 is 0 Å². The molecule has 0 aliphatic rings. The number of aromatic nitrogens is 1. The molecule has 1 aromatic rings. The number of nitrogens with two attached hydrogens (primary N) is 1. The molecule has 8 nitrogen and oxygen atoms in total. The Hall–Kier alpha value is -1.29. The Kier molecular flexibility index (Phi) is 6.46. The summed E-state index contributed by atoms with van der Waals surface area (Å²) in [6.45, 7) is -1.13. The maximum absolute atomic E-state index is 11.2. The Morgan fingerprint density at radius 2 is 2.14 bits per heavy atom. The number of alkyl halides is 3. The molecular formula is C9H8Cl3N3O5S. The van der Waals surface area contributed by atoms with Gasteiger partial charge in [0.2, 0.25) is 16.1 Å². The molecule has 0 bridgehead atoms. The third-order valence-electron chi connectivity index (χ3n) is 1.70. The summed E-state index contributed by atoms with van der Waals surface area (Å²) in [5, 5.41) is 13.8. The number of rotatable bonds is 6. The van der Waals surface area contributed by atoms with Crippen LogP contribution in [-0.4, -0.2) is 44.7 Å². The minimum absolute atomic E-state index is 0.0136. The number of hydrogen-bond donors (Lipinski definition) is 2. The lowest BCUT2D eigenvalue weighted by Crippen LogP contribution is -2.21. The van der Waals surface area contributed by atoms with E-state index in [0.717, 1.165) is 11.3 Å². The zero-order chi connectivity index (χ0) is 16.0. The van der Waals surface area contributed by atoms with Crippen LogP contribution in [0.5, 0.6) is 0 Å². The number of nitrogens with zero attached hydrogens (tertiary/aromatic N) is 2. The van der Waals surface area contributed by atoms with Crippen molar-refractivity contribution >= 4 is 68.9 Å². The third kappa shape index (κ3) is 6.80. The van der Waals surface area contributed by atoms with Crippen LogP contribution in [-0.2, 0) is 19.2 Å². The normalized spacial score (nSPS) is 12.0. The van der Waals surface area contributed by atoms with Crippen molar-refractivity contribution in [1.82, 2.24) is 4.98 Å². The summed E-state index contributed by atoms with van der Waals surface area (Å²) in [5.74, 6) is -2.28. The van der Waals surface area contributed by atoms with E-state index in [1.165, 1.54) is 5.38 Å². The van der Waals surface area contributed by atoms with Gasteiger partial charge in [0.05, 0.1) is 0 Å². The lowest BCUT2D eigenvalue weighted by atomic mass is 10.3. The lowest BCUT2D eigenvalue weighted by molar-refractivity contribution is -0.149. The van der Waals surface area contributed by atoms with Crippen molar-refractivity contribution < 1.29 is 24.3 Å². The standard InChI is InChI=1S/C9H8Cl3N3O5S/c10-9(11,12)3-19-5(16)1-20-15-6(7(17)18)4-2-21-8(13)14-4/h2H,1,3H2,(H2,13,14)(H,17,18)/b15-6+. The quantitative estimate of drug-likeness (QED) is 0.333. The summed E-state index contributed by atoms with van der Waals surface area (Å²) in [5.41, 5.74) is 4.89. The maximum atomic E-state index is 11.2. The average molecular weight is 377 g/mol. The molecule has 0 aromatic carbocycles. The van der Waals surface area contributed by atoms with E-state index in [2.05, 4.69) is 19.7 Å². The summed E-state index contributed by atoms with van der Waals surface area (Å²) in [4.78, 5) is 30.5. The second-order valence-corrected chi connectivity index (χ2v) is 6.77. The second kappa shape index (κ2) is 7.64. The molecule has 0 amide bonds. The van der Waals surface area contributed by atoms with Crippen LogP contribution in [0.15, 0.2) is 10.5 Å². The van der Waals surface area contributed by atoms with Crippen molar-refractivity contribution in [3.05, 3.63) is 11.1 Å². The number of halogens is 3. The molecule has 0 unspecified atom stereocenters. The van der Waals surface area contributed by atoms with Gasteiger partial charge in [-0.2, -0.15) is 0 Å². The first kappa shape index (κ1) is 17.8. The number of esters is 1. The fourth-order valence-electron chi connectivity index (χ4n) is 0.945. The maximum Gasteiger partial charge on any atom is 0.360 e. The smallest absolute Gasteiger partial charge is 0.360 e. The van der Waals surface area contributed by atoms with Gasteiger partial charge in [0, 0.05) is 5.38 Å². The Morgan fingerprint density at radius 3 is 2.62 bits per heavy atom. The van der Waals surface area contributed by atoms with E-state index in [9.17, 15) is 9.59 Å². The number of carboxylic acids is 1. The Morgan fingerprint density at radius 1 is 1.48 bits per heavy atom. The van der Waals surface area contributed by atoms with Gasteiger partial charge in [-0.05, 0) is 0 Å². The van der Waals surface area contributed by atoms with Crippen molar-refractivity contribution in [1.29, 1.82) is 0 Å². The van der Waals surface area contributed by atoms with Crippen LogP contribution in [0.1, 0.15) is 5.69 Å². The average Bonchev–Trinajstić information content (AvgIpc) is 2.77. The molecule has 0 fully saturated rings. The molecule has 1 heterocycles. The van der Waals surface area contributed by atoms with Crippen LogP contribution in [0.3, 0.4) is 0 Å². The van der Waals surface area contributed by atoms with E-state index in [1.54, 1.807) is 0 Å². The van der Waals surface area contributed by atoms with Gasteiger partial charge >= 0.3 is 11.9 Å². The van der Waals surface area contributed by atoms with E-state index < -0.39 is 34.7 Å². The topological polar surface area (TPSA) is 124 Å². The summed E-state index contributed by atoms with van der Waals surface area (Å²) in [6.07, 6.45) is 0. The number of ether oxygens (including phenoxy) is 1. The van der Waals surface area contributed by atoms with Gasteiger partial charge in [0.25, 0.3) is 0 Å². The summed E-state index contributed by atoms with van der Waals surface area (Å²) in [6, 6.07) is 0. The number of hydrogen-bond acceptors (Lipinski definition) is 8. The molecular weight excluding hydrogens is 369 g/mol. The Bertz CT molecular complexity index is 557. The largest absolute Gasteiger partial charge is 0.476 e. The summed E-state index contributed by atoms with van der Waals surface area (Å²) < 4.78 is 2.80. The number of carboxylic acid groups (broad SMARTS) is 1. The predicted molar refractivity (Wildman–Crippen MR) is 77.9 cm³/mol. The first-order valence-corrected chi connectivity index (χ1v) is 7.07. The van der Waals surface area contributed by atoms with Crippen molar-refractivity contribution in [2.75, 3.05) is 18.9 Å². The highest BCUT2D eigenvalue weighted by atomic mass is 35.6. The Labute approximate surface area is 137 Å². The zero-order valence-electron chi connectivity index (χ0n) is 10.1. The van der Waals surface area contributed by atoms with Crippen molar-refractivity contribution in [3.8, 4) is 0 Å². The molecule has 0 atom stereocenters. The highest BCUT2D eigenvalue weighted by molar-refractivity contribution is 7.13. The minimum atomic E-state index is -1.75. The molecule has 21 heavy (non-hydrogen) atoms. The number of aliphatic carboxylic acids is 1. The molecule has 1 aromatic heterocycles. The van der Waals surface area contributed by atoms with E-state index in [-0.39, 0.29) is 10.8 Å². The number of oxime groups is 1. The van der Waals surface area contributed by atoms with Crippen molar-refractivity contribution in [2.24, 2.45) is 5.16 Å². The van der Waals surface area contributed by atoms with Crippen LogP contribution in [0, 0.1) is 0 Å². The number of thiazole rings is 1. The molecule has 3 N–H and O–H groups in total. The van der Waals surface area contributed by atoms with E-state index in [1.807, 2.05) is 0 Å². The third-order valence-corrected chi connectivity index (χ3v) is 2.70. The molecule has 12 heteroatoms. The molecule has 0 saturated carbocycles. The molecule has 0 spiro atoms. The fraction of sp³-hybridized carbons (Fsp3) is 0.333. The first-order valence-electron chi connectivity index (χ1n) is 5.06. The van der Waals surface area contributed by atoms with Crippen LogP contribution >= 0.6 is 46.1 Å².